The van der Waals surface area contributed by atoms with Crippen LogP contribution in [0.4, 0.5) is 17.1 Å². The Morgan fingerprint density at radius 3 is 1.72 bits per heavy atom. The number of para-hydroxylation sites is 2. The number of aromatic nitrogens is 1. The van der Waals surface area contributed by atoms with Gasteiger partial charge in [0.1, 0.15) is 0 Å². The smallest absolute Gasteiger partial charge is 0.0726 e. The van der Waals surface area contributed by atoms with E-state index in [4.69, 9.17) is 0 Å². The maximum Gasteiger partial charge on any atom is 0.0726 e. The summed E-state index contributed by atoms with van der Waals surface area (Å²) in [5.41, 5.74) is 26.1. The van der Waals surface area contributed by atoms with Gasteiger partial charge in [0.25, 0.3) is 0 Å². The molecule has 0 amide bonds. The molecule has 0 saturated heterocycles. The number of nitrogens with zero attached hydrogens (tertiary/aromatic N) is 2. The van der Waals surface area contributed by atoms with Crippen LogP contribution >= 0.6 is 0 Å². The maximum absolute atomic E-state index is 2.61. The van der Waals surface area contributed by atoms with Gasteiger partial charge in [-0.1, -0.05) is 212 Å². The quantitative estimate of drug-likeness (QED) is 0.161. The molecule has 12 aromatic rings. The molecule has 1 spiro atoms. The van der Waals surface area contributed by atoms with Gasteiger partial charge in [-0.25, -0.2) is 0 Å². The number of rotatable bonds is 6. The Labute approximate surface area is 414 Å². The van der Waals surface area contributed by atoms with Crippen LogP contribution in [0.3, 0.4) is 0 Å². The van der Waals surface area contributed by atoms with Crippen molar-refractivity contribution in [3.8, 4) is 50.2 Å². The fraction of sp³-hybridized carbons (Fsp3) is 0.0435. The van der Waals surface area contributed by atoms with Crippen LogP contribution in [0.2, 0.25) is 0 Å². The molecule has 3 aliphatic carbocycles. The van der Waals surface area contributed by atoms with Crippen molar-refractivity contribution in [2.45, 2.75) is 17.8 Å². The first-order valence-electron chi connectivity index (χ1n) is 24.9. The molecule has 15 rings (SSSR count). The highest BCUT2D eigenvalue weighted by Crippen LogP contribution is 2.65. The standard InChI is InChI=1S/C69H46N2/c1-3-19-45(20-4-1)46-37-39-47(40-38-46)57-43-48-21-7-8-24-51(48)52-42-41-50(44-58(52)57)71(66-36-18-35-65-68(66)56-28-12-16-33-63(56)70(65)49-22-5-2-6-23-49)64-34-17-32-62-67(64)55-27-11-15-31-61(55)69(62)59-29-13-9-25-53(59)54-26-10-14-30-60(54)69/h1-42,44,57H,43H2. The van der Waals surface area contributed by atoms with Crippen LogP contribution in [0.1, 0.15) is 44.9 Å². The highest BCUT2D eigenvalue weighted by molar-refractivity contribution is 6.17. The van der Waals surface area contributed by atoms with E-state index >= 15 is 0 Å². The van der Waals surface area contributed by atoms with E-state index in [0.717, 1.165) is 29.2 Å². The largest absolute Gasteiger partial charge is 0.309 e. The summed E-state index contributed by atoms with van der Waals surface area (Å²) >= 11 is 0. The zero-order chi connectivity index (χ0) is 46.6. The monoisotopic (exact) mass is 902 g/mol. The summed E-state index contributed by atoms with van der Waals surface area (Å²) in [6.45, 7) is 0. The van der Waals surface area contributed by atoms with E-state index in [-0.39, 0.29) is 5.92 Å². The summed E-state index contributed by atoms with van der Waals surface area (Å²) in [7, 11) is 0. The first-order chi connectivity index (χ1) is 35.3. The normalized spacial score (nSPS) is 14.4. The van der Waals surface area contributed by atoms with E-state index in [1.807, 2.05) is 0 Å². The Morgan fingerprint density at radius 2 is 0.958 bits per heavy atom. The molecule has 11 aromatic carbocycles. The molecule has 1 unspecified atom stereocenters. The SMILES string of the molecule is c1ccc(-c2ccc(C3Cc4ccccc4-c4ccc(N(c5cccc6c5-c5ccccc5C65c6ccccc6-c6ccccc65)c5cccc6c5c5ccccc5n6-c5ccccc5)cc43)cc2)cc1. The zero-order valence-corrected chi connectivity index (χ0v) is 39.0. The van der Waals surface area contributed by atoms with Gasteiger partial charge in [-0.05, 0) is 133 Å². The van der Waals surface area contributed by atoms with Crippen LogP contribution in [0.5, 0.6) is 0 Å². The number of benzene rings is 11. The number of hydrogen-bond acceptors (Lipinski definition) is 1. The average Bonchev–Trinajstić information content (AvgIpc) is 4.07. The molecule has 0 N–H and O–H groups in total. The maximum atomic E-state index is 2.61. The van der Waals surface area contributed by atoms with E-state index in [1.54, 1.807) is 0 Å². The van der Waals surface area contributed by atoms with Crippen LogP contribution in [0.25, 0.3) is 72.0 Å². The minimum Gasteiger partial charge on any atom is -0.309 e. The van der Waals surface area contributed by atoms with Crippen molar-refractivity contribution in [3.63, 3.8) is 0 Å². The van der Waals surface area contributed by atoms with Gasteiger partial charge in [0.15, 0.2) is 0 Å². The molecule has 0 saturated carbocycles. The molecule has 0 radical (unpaired) electrons. The summed E-state index contributed by atoms with van der Waals surface area (Å²) < 4.78 is 2.44. The molecule has 2 heteroatoms. The molecular formula is C69H46N2. The lowest BCUT2D eigenvalue weighted by Crippen LogP contribution is -2.26. The molecular weight excluding hydrogens is 857 g/mol. The highest BCUT2D eigenvalue weighted by atomic mass is 15.2. The van der Waals surface area contributed by atoms with Crippen molar-refractivity contribution in [2.75, 3.05) is 4.90 Å². The van der Waals surface area contributed by atoms with Gasteiger partial charge in [0.2, 0.25) is 0 Å². The van der Waals surface area contributed by atoms with Gasteiger partial charge in [-0.2, -0.15) is 0 Å². The lowest BCUT2D eigenvalue weighted by atomic mass is 9.70. The Hall–Kier alpha value is -8.98. The van der Waals surface area contributed by atoms with Crippen LogP contribution in [0.15, 0.2) is 261 Å². The van der Waals surface area contributed by atoms with Gasteiger partial charge in [0.05, 0.1) is 27.8 Å². The van der Waals surface area contributed by atoms with Crippen molar-refractivity contribution in [2.24, 2.45) is 0 Å². The lowest BCUT2D eigenvalue weighted by Gasteiger charge is -2.33. The fourth-order valence-corrected chi connectivity index (χ4v) is 13.1. The Bertz CT molecular complexity index is 4040. The Morgan fingerprint density at radius 1 is 0.394 bits per heavy atom. The third kappa shape index (κ3) is 5.71. The molecule has 332 valence electrons. The van der Waals surface area contributed by atoms with E-state index in [2.05, 4.69) is 270 Å². The Kier molecular flexibility index (Phi) is 8.73. The molecule has 1 aromatic heterocycles. The van der Waals surface area contributed by atoms with Crippen LogP contribution in [0, 0.1) is 0 Å². The van der Waals surface area contributed by atoms with Crippen molar-refractivity contribution < 1.29 is 0 Å². The number of anilines is 3. The average molecular weight is 903 g/mol. The Balaban J connectivity index is 1.02. The highest BCUT2D eigenvalue weighted by Gasteiger charge is 2.52. The minimum absolute atomic E-state index is 0.152. The predicted octanol–water partition coefficient (Wildman–Crippen LogP) is 17.6. The van der Waals surface area contributed by atoms with Crippen LogP contribution in [-0.4, -0.2) is 4.57 Å². The van der Waals surface area contributed by atoms with Gasteiger partial charge < -0.3 is 9.47 Å². The van der Waals surface area contributed by atoms with Gasteiger partial charge in [-0.15, -0.1) is 0 Å². The van der Waals surface area contributed by atoms with Crippen LogP contribution in [-0.2, 0) is 11.8 Å². The predicted molar refractivity (Wildman–Crippen MR) is 295 cm³/mol. The van der Waals surface area contributed by atoms with Crippen molar-refractivity contribution in [3.05, 3.63) is 300 Å². The number of fused-ring (bicyclic) bond motifs is 16. The third-order valence-electron chi connectivity index (χ3n) is 16.0. The minimum atomic E-state index is -0.479. The second-order valence-electron chi connectivity index (χ2n) is 19.5. The van der Waals surface area contributed by atoms with E-state index in [1.165, 1.54) is 105 Å². The topological polar surface area (TPSA) is 8.17 Å². The molecule has 71 heavy (non-hydrogen) atoms. The molecule has 3 aliphatic rings. The molecule has 1 atom stereocenters. The van der Waals surface area contributed by atoms with Gasteiger partial charge >= 0.3 is 0 Å². The lowest BCUT2D eigenvalue weighted by molar-refractivity contribution is 0.793. The second-order valence-corrected chi connectivity index (χ2v) is 19.5. The zero-order valence-electron chi connectivity index (χ0n) is 39.0. The summed E-state index contributed by atoms with van der Waals surface area (Å²) in [5.74, 6) is 0.152. The summed E-state index contributed by atoms with van der Waals surface area (Å²) in [6, 6.07) is 97.7. The van der Waals surface area contributed by atoms with Crippen molar-refractivity contribution in [1.29, 1.82) is 0 Å². The first kappa shape index (κ1) is 40.0. The second kappa shape index (κ2) is 15.5. The molecule has 0 aliphatic heterocycles. The fourth-order valence-electron chi connectivity index (χ4n) is 13.1. The first-order valence-corrected chi connectivity index (χ1v) is 24.9. The summed E-state index contributed by atoms with van der Waals surface area (Å²) in [4.78, 5) is 2.61. The van der Waals surface area contributed by atoms with Crippen molar-refractivity contribution >= 4 is 38.9 Å². The number of hydrogen-bond donors (Lipinski definition) is 0. The summed E-state index contributed by atoms with van der Waals surface area (Å²) in [5, 5.41) is 2.44. The van der Waals surface area contributed by atoms with Crippen LogP contribution < -0.4 is 4.90 Å². The van der Waals surface area contributed by atoms with E-state index in [9.17, 15) is 0 Å². The van der Waals surface area contributed by atoms with E-state index in [0.29, 0.717) is 0 Å². The summed E-state index contributed by atoms with van der Waals surface area (Å²) in [6.07, 6.45) is 0.924. The van der Waals surface area contributed by atoms with Gasteiger partial charge in [-0.3, -0.25) is 0 Å². The third-order valence-corrected chi connectivity index (χ3v) is 16.0. The molecule has 1 heterocycles. The van der Waals surface area contributed by atoms with Gasteiger partial charge in [0, 0.05) is 33.6 Å². The molecule has 2 nitrogen and oxygen atoms in total. The molecule has 0 bridgehead atoms. The molecule has 0 fully saturated rings. The van der Waals surface area contributed by atoms with Crippen molar-refractivity contribution in [1.82, 2.24) is 4.57 Å². The van der Waals surface area contributed by atoms with E-state index < -0.39 is 5.41 Å².